The van der Waals surface area contributed by atoms with Crippen LogP contribution < -0.4 is 0 Å². The minimum absolute atomic E-state index is 0.143. The summed E-state index contributed by atoms with van der Waals surface area (Å²) in [6.07, 6.45) is 5.49. The summed E-state index contributed by atoms with van der Waals surface area (Å²) in [5.41, 5.74) is 0. The van der Waals surface area contributed by atoms with Crippen molar-refractivity contribution in [2.75, 3.05) is 7.11 Å². The molecule has 13 heavy (non-hydrogen) atoms. The lowest BCUT2D eigenvalue weighted by Gasteiger charge is -2.33. The van der Waals surface area contributed by atoms with E-state index in [1.54, 1.807) is 7.11 Å². The first-order valence-electron chi connectivity index (χ1n) is 5.05. The van der Waals surface area contributed by atoms with Crippen molar-refractivity contribution in [2.24, 2.45) is 11.8 Å². The molecule has 0 radical (unpaired) electrons. The molecule has 0 saturated heterocycles. The maximum atomic E-state index is 5.79. The quantitative estimate of drug-likeness (QED) is 0.628. The normalized spacial score (nSPS) is 36.2. The van der Waals surface area contributed by atoms with Crippen molar-refractivity contribution in [3.8, 4) is 0 Å². The molecule has 76 valence electrons. The van der Waals surface area contributed by atoms with Crippen molar-refractivity contribution in [3.63, 3.8) is 0 Å². The molecule has 1 rings (SSSR count). The Labute approximate surface area is 80.9 Å². The van der Waals surface area contributed by atoms with Gasteiger partial charge in [-0.1, -0.05) is 33.3 Å². The van der Waals surface area contributed by atoms with Crippen LogP contribution in [-0.2, 0) is 9.47 Å². The van der Waals surface area contributed by atoms with Gasteiger partial charge in [0, 0.05) is 13.0 Å². The zero-order valence-corrected chi connectivity index (χ0v) is 8.99. The van der Waals surface area contributed by atoms with Gasteiger partial charge in [0.25, 0.3) is 0 Å². The topological polar surface area (TPSA) is 18.5 Å². The van der Waals surface area contributed by atoms with E-state index in [1.807, 2.05) is 6.08 Å². The fourth-order valence-electron chi connectivity index (χ4n) is 1.72. The van der Waals surface area contributed by atoms with Gasteiger partial charge in [0.15, 0.2) is 6.29 Å². The van der Waals surface area contributed by atoms with E-state index >= 15 is 0 Å². The molecule has 0 N–H and O–H groups in total. The molecule has 2 heteroatoms. The van der Waals surface area contributed by atoms with Crippen LogP contribution in [0.15, 0.2) is 12.2 Å². The molecule has 0 spiro atoms. The van der Waals surface area contributed by atoms with Crippen molar-refractivity contribution >= 4 is 0 Å². The second-order valence-corrected chi connectivity index (χ2v) is 3.83. The second-order valence-electron chi connectivity index (χ2n) is 3.83. The standard InChI is InChI=1S/C11H20O2/c1-5-8(2)11-9(3)6-7-10(12-4)13-11/h6-11H,5H2,1-4H3/t8-,9-,10+,11-/m0/s1. The van der Waals surface area contributed by atoms with Crippen molar-refractivity contribution in [1.29, 1.82) is 0 Å². The SMILES string of the molecule is CC[C@H](C)[C@@H]1O[C@@H](OC)C=C[C@@H]1C. The van der Waals surface area contributed by atoms with Crippen molar-refractivity contribution in [1.82, 2.24) is 0 Å². The summed E-state index contributed by atoms with van der Waals surface area (Å²) in [7, 11) is 1.68. The minimum atomic E-state index is -0.143. The number of hydrogen-bond acceptors (Lipinski definition) is 2. The Hall–Kier alpha value is -0.340. The molecular formula is C11H20O2. The predicted molar refractivity (Wildman–Crippen MR) is 53.4 cm³/mol. The largest absolute Gasteiger partial charge is 0.352 e. The summed E-state index contributed by atoms with van der Waals surface area (Å²) in [5.74, 6) is 1.10. The molecule has 1 heterocycles. The molecule has 1 aliphatic rings. The molecule has 1 aliphatic heterocycles. The van der Waals surface area contributed by atoms with Crippen LogP contribution in [-0.4, -0.2) is 19.5 Å². The van der Waals surface area contributed by atoms with Crippen molar-refractivity contribution < 1.29 is 9.47 Å². The molecule has 0 aromatic heterocycles. The van der Waals surface area contributed by atoms with Gasteiger partial charge in [-0.15, -0.1) is 0 Å². The van der Waals surface area contributed by atoms with Crippen LogP contribution >= 0.6 is 0 Å². The van der Waals surface area contributed by atoms with Crippen LogP contribution in [0.25, 0.3) is 0 Å². The Balaban J connectivity index is 2.59. The highest BCUT2D eigenvalue weighted by atomic mass is 16.7. The first-order chi connectivity index (χ1) is 6.19. The van der Waals surface area contributed by atoms with E-state index < -0.39 is 0 Å². The number of methoxy groups -OCH3 is 1. The first kappa shape index (κ1) is 10.7. The zero-order valence-electron chi connectivity index (χ0n) is 8.99. The fraction of sp³-hybridized carbons (Fsp3) is 0.818. The third-order valence-corrected chi connectivity index (χ3v) is 2.82. The summed E-state index contributed by atoms with van der Waals surface area (Å²) < 4.78 is 10.9. The van der Waals surface area contributed by atoms with Gasteiger partial charge in [-0.05, 0) is 12.0 Å². The van der Waals surface area contributed by atoms with Crippen molar-refractivity contribution in [2.45, 2.75) is 39.6 Å². The molecule has 0 saturated carbocycles. The van der Waals surface area contributed by atoms with Gasteiger partial charge in [-0.3, -0.25) is 0 Å². The average molecular weight is 184 g/mol. The van der Waals surface area contributed by atoms with Gasteiger partial charge in [0.2, 0.25) is 0 Å². The van der Waals surface area contributed by atoms with Gasteiger partial charge < -0.3 is 9.47 Å². The Kier molecular flexibility index (Phi) is 3.94. The van der Waals surface area contributed by atoms with Gasteiger partial charge >= 0.3 is 0 Å². The highest BCUT2D eigenvalue weighted by Gasteiger charge is 2.27. The van der Waals surface area contributed by atoms with E-state index in [4.69, 9.17) is 9.47 Å². The van der Waals surface area contributed by atoms with Crippen LogP contribution in [0.5, 0.6) is 0 Å². The average Bonchev–Trinajstić information content (AvgIpc) is 2.17. The summed E-state index contributed by atoms with van der Waals surface area (Å²) in [5, 5.41) is 0. The number of hydrogen-bond donors (Lipinski definition) is 0. The van der Waals surface area contributed by atoms with E-state index in [-0.39, 0.29) is 6.29 Å². The molecule has 0 unspecified atom stereocenters. The zero-order chi connectivity index (χ0) is 9.84. The monoisotopic (exact) mass is 184 g/mol. The van der Waals surface area contributed by atoms with Gasteiger partial charge in [0.1, 0.15) is 0 Å². The lowest BCUT2D eigenvalue weighted by molar-refractivity contribution is -0.157. The highest BCUT2D eigenvalue weighted by molar-refractivity contribution is 4.98. The minimum Gasteiger partial charge on any atom is -0.352 e. The molecule has 0 aromatic carbocycles. The van der Waals surface area contributed by atoms with E-state index in [2.05, 4.69) is 26.8 Å². The predicted octanol–water partition coefficient (Wildman–Crippen LogP) is 2.60. The first-order valence-corrected chi connectivity index (χ1v) is 5.05. The van der Waals surface area contributed by atoms with Crippen molar-refractivity contribution in [3.05, 3.63) is 12.2 Å². The maximum absolute atomic E-state index is 5.79. The van der Waals surface area contributed by atoms with E-state index in [0.29, 0.717) is 17.9 Å². The summed E-state index contributed by atoms with van der Waals surface area (Å²) in [4.78, 5) is 0. The Morgan fingerprint density at radius 2 is 2.15 bits per heavy atom. The molecular weight excluding hydrogens is 164 g/mol. The second kappa shape index (κ2) is 4.77. The maximum Gasteiger partial charge on any atom is 0.176 e. The molecule has 0 amide bonds. The molecule has 0 aromatic rings. The van der Waals surface area contributed by atoms with Crippen LogP contribution in [0.2, 0.25) is 0 Å². The van der Waals surface area contributed by atoms with E-state index in [9.17, 15) is 0 Å². The summed E-state index contributed by atoms with van der Waals surface area (Å²) in [6.45, 7) is 6.62. The Bertz CT molecular complexity index is 177. The Morgan fingerprint density at radius 1 is 1.46 bits per heavy atom. The van der Waals surface area contributed by atoms with Crippen LogP contribution in [0.1, 0.15) is 27.2 Å². The molecule has 0 fully saturated rings. The summed E-state index contributed by atoms with van der Waals surface area (Å²) >= 11 is 0. The van der Waals surface area contributed by atoms with Crippen LogP contribution in [0.4, 0.5) is 0 Å². The van der Waals surface area contributed by atoms with Crippen LogP contribution in [0, 0.1) is 11.8 Å². The van der Waals surface area contributed by atoms with Gasteiger partial charge in [0.05, 0.1) is 6.10 Å². The Morgan fingerprint density at radius 3 is 2.69 bits per heavy atom. The van der Waals surface area contributed by atoms with Gasteiger partial charge in [-0.25, -0.2) is 0 Å². The van der Waals surface area contributed by atoms with E-state index in [0.717, 1.165) is 6.42 Å². The number of rotatable bonds is 3. The van der Waals surface area contributed by atoms with Gasteiger partial charge in [-0.2, -0.15) is 0 Å². The number of ether oxygens (including phenoxy) is 2. The lowest BCUT2D eigenvalue weighted by Crippen LogP contribution is -2.35. The molecule has 0 bridgehead atoms. The molecule has 0 aliphatic carbocycles. The molecule has 2 nitrogen and oxygen atoms in total. The van der Waals surface area contributed by atoms with Crippen LogP contribution in [0.3, 0.4) is 0 Å². The molecule has 4 atom stereocenters. The summed E-state index contributed by atoms with van der Waals surface area (Å²) in [6, 6.07) is 0. The fourth-order valence-corrected chi connectivity index (χ4v) is 1.72. The lowest BCUT2D eigenvalue weighted by atomic mass is 9.90. The highest BCUT2D eigenvalue weighted by Crippen LogP contribution is 2.26. The third-order valence-electron chi connectivity index (χ3n) is 2.82. The van der Waals surface area contributed by atoms with E-state index in [1.165, 1.54) is 0 Å². The third kappa shape index (κ3) is 2.55. The smallest absolute Gasteiger partial charge is 0.176 e.